The first kappa shape index (κ1) is 13.3. The van der Waals surface area contributed by atoms with Crippen molar-refractivity contribution in [3.63, 3.8) is 0 Å². The normalized spacial score (nSPS) is 18.9. The van der Waals surface area contributed by atoms with Gasteiger partial charge in [-0.2, -0.15) is 0 Å². The molecule has 1 aromatic carbocycles. The maximum absolute atomic E-state index is 5.92. The molecule has 1 aromatic rings. The number of ether oxygens (including phenoxy) is 2. The molecule has 3 nitrogen and oxygen atoms in total. The number of benzene rings is 1. The quantitative estimate of drug-likeness (QED) is 0.849. The van der Waals surface area contributed by atoms with Gasteiger partial charge in [0.25, 0.3) is 0 Å². The first-order valence-corrected chi connectivity index (χ1v) is 6.60. The standard InChI is InChI=1S/C14H19NO2S/c1-9-5-12(14(15)18)6-10(2)13(9)17-8-11-3-4-16-7-11/h5-6,11H,3-4,7-8H2,1-2H3,(H2,15,18). The van der Waals surface area contributed by atoms with E-state index in [9.17, 15) is 0 Å². The molecule has 0 radical (unpaired) electrons. The third-order valence-corrected chi connectivity index (χ3v) is 3.47. The second-order valence-electron chi connectivity index (χ2n) is 4.84. The van der Waals surface area contributed by atoms with Gasteiger partial charge in [-0.15, -0.1) is 0 Å². The number of hydrogen-bond acceptors (Lipinski definition) is 3. The van der Waals surface area contributed by atoms with E-state index >= 15 is 0 Å². The molecule has 1 aliphatic heterocycles. The molecule has 0 bridgehead atoms. The van der Waals surface area contributed by atoms with Gasteiger partial charge < -0.3 is 15.2 Å². The molecule has 0 spiro atoms. The van der Waals surface area contributed by atoms with Crippen molar-refractivity contribution >= 4 is 17.2 Å². The minimum Gasteiger partial charge on any atom is -0.493 e. The van der Waals surface area contributed by atoms with Crippen LogP contribution in [-0.4, -0.2) is 24.8 Å². The third kappa shape index (κ3) is 3.00. The number of hydrogen-bond donors (Lipinski definition) is 1. The molecule has 0 aliphatic carbocycles. The number of nitrogens with two attached hydrogens (primary N) is 1. The Morgan fingerprint density at radius 2 is 2.11 bits per heavy atom. The molecule has 0 amide bonds. The van der Waals surface area contributed by atoms with Gasteiger partial charge in [-0.25, -0.2) is 0 Å². The SMILES string of the molecule is Cc1cc(C(N)=S)cc(C)c1OCC1CCOC1. The van der Waals surface area contributed by atoms with Crippen molar-refractivity contribution in [2.24, 2.45) is 11.7 Å². The average molecular weight is 265 g/mol. The Morgan fingerprint density at radius 3 is 2.61 bits per heavy atom. The van der Waals surface area contributed by atoms with Gasteiger partial charge in [0.1, 0.15) is 10.7 Å². The van der Waals surface area contributed by atoms with E-state index in [1.165, 1.54) is 0 Å². The van der Waals surface area contributed by atoms with Crippen molar-refractivity contribution in [3.05, 3.63) is 28.8 Å². The second-order valence-corrected chi connectivity index (χ2v) is 5.28. The summed E-state index contributed by atoms with van der Waals surface area (Å²) in [5.41, 5.74) is 8.71. The van der Waals surface area contributed by atoms with Crippen molar-refractivity contribution in [3.8, 4) is 5.75 Å². The van der Waals surface area contributed by atoms with Crippen LogP contribution in [0.1, 0.15) is 23.1 Å². The van der Waals surface area contributed by atoms with Gasteiger partial charge in [0, 0.05) is 18.1 Å². The van der Waals surface area contributed by atoms with Crippen LogP contribution in [0.4, 0.5) is 0 Å². The Kier molecular flexibility index (Phi) is 4.19. The average Bonchev–Trinajstić information content (AvgIpc) is 2.80. The van der Waals surface area contributed by atoms with Crippen LogP contribution < -0.4 is 10.5 Å². The highest BCUT2D eigenvalue weighted by Gasteiger charge is 2.17. The molecule has 18 heavy (non-hydrogen) atoms. The van der Waals surface area contributed by atoms with Gasteiger partial charge in [-0.1, -0.05) is 12.2 Å². The summed E-state index contributed by atoms with van der Waals surface area (Å²) in [4.78, 5) is 0.428. The lowest BCUT2D eigenvalue weighted by molar-refractivity contribution is 0.166. The maximum Gasteiger partial charge on any atom is 0.125 e. The van der Waals surface area contributed by atoms with Gasteiger partial charge in [-0.3, -0.25) is 0 Å². The van der Waals surface area contributed by atoms with Crippen molar-refractivity contribution in [1.29, 1.82) is 0 Å². The lowest BCUT2D eigenvalue weighted by Gasteiger charge is -2.16. The first-order valence-electron chi connectivity index (χ1n) is 6.19. The molecular formula is C14H19NO2S. The van der Waals surface area contributed by atoms with Crippen LogP contribution in [0.15, 0.2) is 12.1 Å². The highest BCUT2D eigenvalue weighted by molar-refractivity contribution is 7.80. The predicted octanol–water partition coefficient (Wildman–Crippen LogP) is 2.35. The van der Waals surface area contributed by atoms with Crippen LogP contribution in [0.3, 0.4) is 0 Å². The summed E-state index contributed by atoms with van der Waals surface area (Å²) in [6.45, 7) is 6.42. The number of rotatable bonds is 4. The van der Waals surface area contributed by atoms with Crippen LogP contribution in [0, 0.1) is 19.8 Å². The van der Waals surface area contributed by atoms with E-state index in [0.717, 1.165) is 42.1 Å². The van der Waals surface area contributed by atoms with Crippen LogP contribution in [0.2, 0.25) is 0 Å². The van der Waals surface area contributed by atoms with E-state index in [-0.39, 0.29) is 0 Å². The van der Waals surface area contributed by atoms with E-state index in [4.69, 9.17) is 27.4 Å². The summed E-state index contributed by atoms with van der Waals surface area (Å²) < 4.78 is 11.3. The van der Waals surface area contributed by atoms with Gasteiger partial charge in [0.05, 0.1) is 13.2 Å². The third-order valence-electron chi connectivity index (χ3n) is 3.23. The van der Waals surface area contributed by atoms with Crippen molar-refractivity contribution in [2.75, 3.05) is 19.8 Å². The van der Waals surface area contributed by atoms with E-state index < -0.39 is 0 Å². The second kappa shape index (κ2) is 5.67. The van der Waals surface area contributed by atoms with Crippen LogP contribution in [-0.2, 0) is 4.74 Å². The molecule has 0 saturated carbocycles. The topological polar surface area (TPSA) is 44.5 Å². The molecule has 1 atom stereocenters. The van der Waals surface area contributed by atoms with Gasteiger partial charge >= 0.3 is 0 Å². The van der Waals surface area contributed by atoms with Gasteiger partial charge in [-0.05, 0) is 43.5 Å². The van der Waals surface area contributed by atoms with Crippen molar-refractivity contribution < 1.29 is 9.47 Å². The van der Waals surface area contributed by atoms with Crippen LogP contribution in [0.25, 0.3) is 0 Å². The van der Waals surface area contributed by atoms with E-state index in [1.54, 1.807) is 0 Å². The van der Waals surface area contributed by atoms with E-state index in [0.29, 0.717) is 17.5 Å². The molecule has 1 fully saturated rings. The fraction of sp³-hybridized carbons (Fsp3) is 0.500. The molecular weight excluding hydrogens is 246 g/mol. The fourth-order valence-corrected chi connectivity index (χ4v) is 2.35. The Bertz CT molecular complexity index is 430. The van der Waals surface area contributed by atoms with Gasteiger partial charge in [0.2, 0.25) is 0 Å². The predicted molar refractivity (Wildman–Crippen MR) is 76.2 cm³/mol. The Labute approximate surface area is 113 Å². The Morgan fingerprint density at radius 1 is 1.44 bits per heavy atom. The molecule has 4 heteroatoms. The smallest absolute Gasteiger partial charge is 0.125 e. The summed E-state index contributed by atoms with van der Waals surface area (Å²) in [6.07, 6.45) is 1.09. The zero-order valence-corrected chi connectivity index (χ0v) is 11.7. The molecule has 1 unspecified atom stereocenters. The molecule has 0 aromatic heterocycles. The number of thiocarbonyl (C=S) groups is 1. The summed E-state index contributed by atoms with van der Waals surface area (Å²) in [7, 11) is 0. The summed E-state index contributed by atoms with van der Waals surface area (Å²) >= 11 is 5.00. The van der Waals surface area contributed by atoms with Crippen LogP contribution in [0.5, 0.6) is 5.75 Å². The minimum atomic E-state index is 0.428. The molecule has 98 valence electrons. The lowest BCUT2D eigenvalue weighted by atomic mass is 10.1. The Hall–Kier alpha value is -1.13. The molecule has 1 heterocycles. The monoisotopic (exact) mass is 265 g/mol. The minimum absolute atomic E-state index is 0.428. The molecule has 2 N–H and O–H groups in total. The maximum atomic E-state index is 5.92. The van der Waals surface area contributed by atoms with Gasteiger partial charge in [0.15, 0.2) is 0 Å². The summed E-state index contributed by atoms with van der Waals surface area (Å²) in [5.74, 6) is 1.46. The zero-order chi connectivity index (χ0) is 13.1. The number of aryl methyl sites for hydroxylation is 2. The lowest BCUT2D eigenvalue weighted by Crippen LogP contribution is -2.14. The van der Waals surface area contributed by atoms with Crippen molar-refractivity contribution in [1.82, 2.24) is 0 Å². The van der Waals surface area contributed by atoms with Crippen molar-refractivity contribution in [2.45, 2.75) is 20.3 Å². The molecule has 1 aliphatic rings. The molecule has 2 rings (SSSR count). The molecule has 1 saturated heterocycles. The highest BCUT2D eigenvalue weighted by atomic mass is 32.1. The fourth-order valence-electron chi connectivity index (χ4n) is 2.24. The van der Waals surface area contributed by atoms with Crippen LogP contribution >= 0.6 is 12.2 Å². The van der Waals surface area contributed by atoms with E-state index in [2.05, 4.69) is 0 Å². The summed E-state index contributed by atoms with van der Waals surface area (Å²) in [6, 6.07) is 3.96. The summed E-state index contributed by atoms with van der Waals surface area (Å²) in [5, 5.41) is 0. The largest absolute Gasteiger partial charge is 0.493 e. The first-order chi connectivity index (χ1) is 8.58. The Balaban J connectivity index is 2.10. The zero-order valence-electron chi connectivity index (χ0n) is 10.9. The van der Waals surface area contributed by atoms with E-state index in [1.807, 2.05) is 26.0 Å². The highest BCUT2D eigenvalue weighted by Crippen LogP contribution is 2.26.